The average molecular weight is 274 g/mol. The van der Waals surface area contributed by atoms with Crippen molar-refractivity contribution in [2.75, 3.05) is 5.32 Å². The van der Waals surface area contributed by atoms with Gasteiger partial charge in [-0.15, -0.1) is 0 Å². The minimum atomic E-state index is 0.378. The number of aromatic nitrogens is 2. The highest BCUT2D eigenvalue weighted by Crippen LogP contribution is 2.19. The topological polar surface area (TPSA) is 61.6 Å². The van der Waals surface area contributed by atoms with Crippen molar-refractivity contribution in [2.24, 2.45) is 0 Å². The predicted molar refractivity (Wildman–Crippen MR) is 82.8 cm³/mol. The molecule has 0 amide bonds. The summed E-state index contributed by atoms with van der Waals surface area (Å²) in [6, 6.07) is 18.2. The van der Waals surface area contributed by atoms with Gasteiger partial charge >= 0.3 is 0 Å². The monoisotopic (exact) mass is 274 g/mol. The first-order valence-electron chi connectivity index (χ1n) is 6.72. The molecule has 3 aromatic rings. The second-order valence-electron chi connectivity index (χ2n) is 4.82. The molecule has 1 aromatic heterocycles. The fraction of sp³-hybridized carbons (Fsp3) is 0.118. The third kappa shape index (κ3) is 2.82. The molecule has 102 valence electrons. The second-order valence-corrected chi connectivity index (χ2v) is 4.82. The van der Waals surface area contributed by atoms with Gasteiger partial charge in [-0.25, -0.2) is 9.97 Å². The van der Waals surface area contributed by atoms with Crippen LogP contribution in [0.15, 0.2) is 48.5 Å². The van der Waals surface area contributed by atoms with Crippen LogP contribution in [0.2, 0.25) is 0 Å². The highest BCUT2D eigenvalue weighted by Gasteiger charge is 2.04. The molecule has 0 atom stereocenters. The largest absolute Gasteiger partial charge is 0.350 e. The molecule has 3 rings (SSSR count). The van der Waals surface area contributed by atoms with Gasteiger partial charge in [0.25, 0.3) is 0 Å². The lowest BCUT2D eigenvalue weighted by atomic mass is 10.0. The molecule has 0 aliphatic carbocycles. The van der Waals surface area contributed by atoms with Crippen LogP contribution >= 0.6 is 0 Å². The van der Waals surface area contributed by atoms with E-state index in [4.69, 9.17) is 5.26 Å². The molecule has 21 heavy (non-hydrogen) atoms. The minimum absolute atomic E-state index is 0.378. The first kappa shape index (κ1) is 13.1. The molecule has 0 aliphatic rings. The molecule has 1 N–H and O–H groups in total. The van der Waals surface area contributed by atoms with Crippen molar-refractivity contribution < 1.29 is 0 Å². The van der Waals surface area contributed by atoms with Crippen LogP contribution in [0, 0.1) is 18.3 Å². The molecule has 0 unspecified atom stereocenters. The van der Waals surface area contributed by atoms with Gasteiger partial charge in [0.1, 0.15) is 11.8 Å². The molecule has 0 fully saturated rings. The molecule has 0 aliphatic heterocycles. The summed E-state index contributed by atoms with van der Waals surface area (Å²) < 4.78 is 0. The lowest BCUT2D eigenvalue weighted by molar-refractivity contribution is 1.02. The van der Waals surface area contributed by atoms with E-state index in [-0.39, 0.29) is 0 Å². The Hall–Kier alpha value is -2.93. The van der Waals surface area contributed by atoms with Gasteiger partial charge in [0.15, 0.2) is 0 Å². The molecule has 0 saturated heterocycles. The Bertz CT molecular complexity index is 828. The molecule has 2 aromatic carbocycles. The third-order valence-corrected chi connectivity index (χ3v) is 3.29. The summed E-state index contributed by atoms with van der Waals surface area (Å²) in [6.45, 7) is 2.47. The maximum absolute atomic E-state index is 8.95. The highest BCUT2D eigenvalue weighted by atomic mass is 15.1. The van der Waals surface area contributed by atoms with Gasteiger partial charge in [-0.1, -0.05) is 42.5 Å². The fourth-order valence-electron chi connectivity index (χ4n) is 2.33. The van der Waals surface area contributed by atoms with Crippen LogP contribution in [0.25, 0.3) is 10.8 Å². The predicted octanol–water partition coefficient (Wildman–Crippen LogP) is 3.42. The van der Waals surface area contributed by atoms with E-state index in [0.29, 0.717) is 18.2 Å². The standard InChI is InChI=1S/C17H14N4/c1-12-9-15(10-18)21-17(20-12)19-11-14-7-4-6-13-5-2-3-8-16(13)14/h2-9H,11H2,1H3,(H,19,20,21). The van der Waals surface area contributed by atoms with Crippen molar-refractivity contribution in [2.45, 2.75) is 13.5 Å². The number of rotatable bonds is 3. The van der Waals surface area contributed by atoms with Crippen LogP contribution in [0.3, 0.4) is 0 Å². The molecular formula is C17H14N4. The van der Waals surface area contributed by atoms with E-state index in [1.54, 1.807) is 6.07 Å². The van der Waals surface area contributed by atoms with Crippen LogP contribution < -0.4 is 5.32 Å². The number of hydrogen-bond acceptors (Lipinski definition) is 4. The number of hydrogen-bond donors (Lipinski definition) is 1. The van der Waals surface area contributed by atoms with Crippen LogP contribution in [-0.4, -0.2) is 9.97 Å². The van der Waals surface area contributed by atoms with Gasteiger partial charge in [0.05, 0.1) is 0 Å². The zero-order chi connectivity index (χ0) is 14.7. The number of anilines is 1. The smallest absolute Gasteiger partial charge is 0.224 e. The fourth-order valence-corrected chi connectivity index (χ4v) is 2.33. The molecular weight excluding hydrogens is 260 g/mol. The maximum Gasteiger partial charge on any atom is 0.224 e. The quantitative estimate of drug-likeness (QED) is 0.795. The summed E-state index contributed by atoms with van der Waals surface area (Å²) in [5, 5.41) is 14.6. The second kappa shape index (κ2) is 5.59. The highest BCUT2D eigenvalue weighted by molar-refractivity contribution is 5.85. The van der Waals surface area contributed by atoms with Gasteiger partial charge in [0, 0.05) is 12.2 Å². The maximum atomic E-state index is 8.95. The van der Waals surface area contributed by atoms with E-state index in [2.05, 4.69) is 39.6 Å². The van der Waals surface area contributed by atoms with Crippen molar-refractivity contribution in [3.8, 4) is 6.07 Å². The van der Waals surface area contributed by atoms with Crippen molar-refractivity contribution in [3.05, 3.63) is 65.5 Å². The third-order valence-electron chi connectivity index (χ3n) is 3.29. The average Bonchev–Trinajstić information content (AvgIpc) is 2.52. The van der Waals surface area contributed by atoms with Gasteiger partial charge in [0.2, 0.25) is 5.95 Å². The number of aryl methyl sites for hydroxylation is 1. The van der Waals surface area contributed by atoms with Crippen molar-refractivity contribution in [1.82, 2.24) is 9.97 Å². The van der Waals surface area contributed by atoms with E-state index in [9.17, 15) is 0 Å². The number of fused-ring (bicyclic) bond motifs is 1. The number of nitriles is 1. The van der Waals surface area contributed by atoms with Crippen molar-refractivity contribution in [3.63, 3.8) is 0 Å². The molecule has 4 heteroatoms. The lowest BCUT2D eigenvalue weighted by Gasteiger charge is -2.09. The summed E-state index contributed by atoms with van der Waals surface area (Å²) in [6.07, 6.45) is 0. The van der Waals surface area contributed by atoms with Gasteiger partial charge in [-0.3, -0.25) is 0 Å². The molecule has 0 radical (unpaired) electrons. The number of nitrogens with one attached hydrogen (secondary N) is 1. The Kier molecular flexibility index (Phi) is 3.48. The molecule has 0 spiro atoms. The van der Waals surface area contributed by atoms with Crippen molar-refractivity contribution >= 4 is 16.7 Å². The summed E-state index contributed by atoms with van der Waals surface area (Å²) >= 11 is 0. The van der Waals surface area contributed by atoms with E-state index in [1.165, 1.54) is 16.3 Å². The van der Waals surface area contributed by atoms with Crippen molar-refractivity contribution in [1.29, 1.82) is 5.26 Å². The number of nitrogens with zero attached hydrogens (tertiary/aromatic N) is 3. The minimum Gasteiger partial charge on any atom is -0.350 e. The molecule has 1 heterocycles. The molecule has 0 saturated carbocycles. The zero-order valence-electron chi connectivity index (χ0n) is 11.7. The summed E-state index contributed by atoms with van der Waals surface area (Å²) in [4.78, 5) is 8.47. The SMILES string of the molecule is Cc1cc(C#N)nc(NCc2cccc3ccccc23)n1. The first-order chi connectivity index (χ1) is 10.3. The molecule has 0 bridgehead atoms. The van der Waals surface area contributed by atoms with Crippen LogP contribution in [0.4, 0.5) is 5.95 Å². The summed E-state index contributed by atoms with van der Waals surface area (Å²) in [7, 11) is 0. The summed E-state index contributed by atoms with van der Waals surface area (Å²) in [5.74, 6) is 0.486. The Labute approximate surface area is 123 Å². The summed E-state index contributed by atoms with van der Waals surface area (Å²) in [5.41, 5.74) is 2.33. The first-order valence-corrected chi connectivity index (χ1v) is 6.72. The van der Waals surface area contributed by atoms with Gasteiger partial charge in [-0.05, 0) is 29.3 Å². The Morgan fingerprint density at radius 2 is 1.90 bits per heavy atom. The van der Waals surface area contributed by atoms with E-state index in [0.717, 1.165) is 5.69 Å². The van der Waals surface area contributed by atoms with Crippen LogP contribution in [0.1, 0.15) is 17.0 Å². The van der Waals surface area contributed by atoms with Crippen LogP contribution in [-0.2, 0) is 6.54 Å². The zero-order valence-corrected chi connectivity index (χ0v) is 11.7. The Morgan fingerprint density at radius 3 is 2.76 bits per heavy atom. The Morgan fingerprint density at radius 1 is 1.10 bits per heavy atom. The van der Waals surface area contributed by atoms with E-state index in [1.807, 2.05) is 31.2 Å². The van der Waals surface area contributed by atoms with Gasteiger partial charge < -0.3 is 5.32 Å². The Balaban J connectivity index is 1.87. The van der Waals surface area contributed by atoms with Gasteiger partial charge in [-0.2, -0.15) is 5.26 Å². The van der Waals surface area contributed by atoms with E-state index < -0.39 is 0 Å². The van der Waals surface area contributed by atoms with E-state index >= 15 is 0 Å². The lowest BCUT2D eigenvalue weighted by Crippen LogP contribution is -2.05. The molecule has 4 nitrogen and oxygen atoms in total. The normalized spacial score (nSPS) is 10.3. The number of benzene rings is 2. The van der Waals surface area contributed by atoms with Crippen LogP contribution in [0.5, 0.6) is 0 Å².